The first-order valence-electron chi connectivity index (χ1n) is 8.54. The number of furan rings is 1. The van der Waals surface area contributed by atoms with Gasteiger partial charge in [0.05, 0.1) is 5.56 Å². The molecule has 0 spiro atoms. The molecular weight excluding hydrogens is 401 g/mol. The van der Waals surface area contributed by atoms with Gasteiger partial charge >= 0.3 is 6.18 Å². The third-order valence-corrected chi connectivity index (χ3v) is 5.23. The number of halogens is 3. The normalized spacial score (nSPS) is 12.0. The van der Waals surface area contributed by atoms with E-state index in [4.69, 9.17) is 4.42 Å². The third kappa shape index (κ3) is 3.19. The summed E-state index contributed by atoms with van der Waals surface area (Å²) in [6.07, 6.45) is -4.41. The van der Waals surface area contributed by atoms with E-state index < -0.39 is 11.7 Å². The second-order valence-corrected chi connectivity index (χ2v) is 7.19. The van der Waals surface area contributed by atoms with Crippen molar-refractivity contribution in [1.29, 1.82) is 0 Å². The molecule has 3 aromatic heterocycles. The Morgan fingerprint density at radius 2 is 1.59 bits per heavy atom. The molecule has 5 rings (SSSR count). The van der Waals surface area contributed by atoms with E-state index in [1.807, 2.05) is 30.3 Å². The van der Waals surface area contributed by atoms with Crippen LogP contribution in [-0.2, 0) is 6.18 Å². The molecule has 5 aromatic rings. The molecular formula is C20H11F3N4OS. The Balaban J connectivity index is 1.51. The molecule has 29 heavy (non-hydrogen) atoms. The molecule has 0 atom stereocenters. The summed E-state index contributed by atoms with van der Waals surface area (Å²) >= 11 is 1.29. The second-order valence-electron chi connectivity index (χ2n) is 6.23. The first-order valence-corrected chi connectivity index (χ1v) is 9.36. The zero-order chi connectivity index (χ0) is 20.0. The molecule has 0 bridgehead atoms. The van der Waals surface area contributed by atoms with Crippen molar-refractivity contribution in [2.45, 2.75) is 6.18 Å². The van der Waals surface area contributed by atoms with Gasteiger partial charge in [0.15, 0.2) is 16.6 Å². The molecule has 0 amide bonds. The number of alkyl halides is 3. The van der Waals surface area contributed by atoms with Crippen LogP contribution in [0.3, 0.4) is 0 Å². The average molecular weight is 412 g/mol. The van der Waals surface area contributed by atoms with E-state index in [0.29, 0.717) is 32.9 Å². The van der Waals surface area contributed by atoms with E-state index in [9.17, 15) is 13.2 Å². The smallest absolute Gasteiger partial charge is 0.416 e. The predicted octanol–water partition coefficient (Wildman–Crippen LogP) is 5.80. The quantitative estimate of drug-likeness (QED) is 0.376. The molecule has 3 heterocycles. The largest absolute Gasteiger partial charge is 0.454 e. The van der Waals surface area contributed by atoms with Crippen LogP contribution in [-0.4, -0.2) is 19.8 Å². The summed E-state index contributed by atoms with van der Waals surface area (Å²) in [7, 11) is 0. The lowest BCUT2D eigenvalue weighted by Crippen LogP contribution is -2.04. The fraction of sp³-hybridized carbons (Fsp3) is 0.0500. The third-order valence-electron chi connectivity index (χ3n) is 4.31. The lowest BCUT2D eigenvalue weighted by molar-refractivity contribution is -0.137. The van der Waals surface area contributed by atoms with Crippen LogP contribution in [0.1, 0.15) is 5.56 Å². The van der Waals surface area contributed by atoms with Crippen molar-refractivity contribution in [3.63, 3.8) is 0 Å². The van der Waals surface area contributed by atoms with E-state index >= 15 is 0 Å². The van der Waals surface area contributed by atoms with Gasteiger partial charge in [0.1, 0.15) is 5.76 Å². The first kappa shape index (κ1) is 17.6. The van der Waals surface area contributed by atoms with Crippen molar-refractivity contribution in [3.05, 3.63) is 72.3 Å². The number of fused-ring (bicyclic) bond motifs is 1. The summed E-state index contributed by atoms with van der Waals surface area (Å²) < 4.78 is 46.3. The van der Waals surface area contributed by atoms with Gasteiger partial charge in [-0.25, -0.2) is 0 Å². The lowest BCUT2D eigenvalue weighted by atomic mass is 10.1. The Bertz CT molecular complexity index is 1300. The summed E-state index contributed by atoms with van der Waals surface area (Å²) in [5.41, 5.74) is 0.499. The summed E-state index contributed by atoms with van der Waals surface area (Å²) in [5, 5.41) is 13.4. The van der Waals surface area contributed by atoms with Gasteiger partial charge in [0.2, 0.25) is 4.96 Å². The molecule has 0 aliphatic heterocycles. The number of hydrogen-bond donors (Lipinski definition) is 0. The molecule has 9 heteroatoms. The van der Waals surface area contributed by atoms with Crippen molar-refractivity contribution in [3.8, 4) is 33.5 Å². The van der Waals surface area contributed by atoms with Crippen LogP contribution in [0, 0.1) is 0 Å². The molecule has 0 aliphatic rings. The lowest BCUT2D eigenvalue weighted by Gasteiger charge is -2.07. The van der Waals surface area contributed by atoms with Gasteiger partial charge < -0.3 is 4.42 Å². The van der Waals surface area contributed by atoms with E-state index in [-0.39, 0.29) is 0 Å². The highest BCUT2D eigenvalue weighted by Gasteiger charge is 2.30. The fourth-order valence-corrected chi connectivity index (χ4v) is 3.74. The molecule has 144 valence electrons. The second kappa shape index (κ2) is 6.56. The molecule has 0 radical (unpaired) electrons. The number of benzene rings is 2. The number of nitrogens with zero attached hydrogens (tertiary/aromatic N) is 4. The van der Waals surface area contributed by atoms with Crippen molar-refractivity contribution >= 4 is 16.3 Å². The Morgan fingerprint density at radius 3 is 2.38 bits per heavy atom. The number of rotatable bonds is 3. The monoisotopic (exact) mass is 412 g/mol. The predicted molar refractivity (Wildman–Crippen MR) is 102 cm³/mol. The summed E-state index contributed by atoms with van der Waals surface area (Å²) in [4.78, 5) is 0.593. The summed E-state index contributed by atoms with van der Waals surface area (Å²) in [6, 6.07) is 17.9. The minimum absolute atomic E-state index is 0.334. The maximum Gasteiger partial charge on any atom is 0.416 e. The van der Waals surface area contributed by atoms with Crippen LogP contribution in [0.5, 0.6) is 0 Å². The highest BCUT2D eigenvalue weighted by Crippen LogP contribution is 2.35. The van der Waals surface area contributed by atoms with Crippen LogP contribution in [0.2, 0.25) is 0 Å². The van der Waals surface area contributed by atoms with Crippen LogP contribution in [0.15, 0.2) is 71.1 Å². The summed E-state index contributed by atoms with van der Waals surface area (Å²) in [6.45, 7) is 0. The van der Waals surface area contributed by atoms with Gasteiger partial charge in [-0.15, -0.1) is 15.3 Å². The van der Waals surface area contributed by atoms with Gasteiger partial charge in [0, 0.05) is 11.1 Å². The highest BCUT2D eigenvalue weighted by atomic mass is 32.1. The average Bonchev–Trinajstić information content (AvgIpc) is 3.43. The summed E-state index contributed by atoms with van der Waals surface area (Å²) in [5.74, 6) is 1.39. The van der Waals surface area contributed by atoms with Gasteiger partial charge in [-0.2, -0.15) is 17.7 Å². The number of aromatic nitrogens is 4. The van der Waals surface area contributed by atoms with Gasteiger partial charge in [-0.3, -0.25) is 0 Å². The van der Waals surface area contributed by atoms with Crippen LogP contribution in [0.4, 0.5) is 13.2 Å². The molecule has 0 aliphatic carbocycles. The Kier molecular flexibility index (Phi) is 3.99. The zero-order valence-electron chi connectivity index (χ0n) is 14.6. The van der Waals surface area contributed by atoms with Gasteiger partial charge in [-0.05, 0) is 24.3 Å². The molecule has 2 aromatic carbocycles. The van der Waals surface area contributed by atoms with E-state index in [1.54, 1.807) is 22.7 Å². The van der Waals surface area contributed by atoms with Crippen LogP contribution >= 0.6 is 11.3 Å². The van der Waals surface area contributed by atoms with Crippen molar-refractivity contribution in [2.75, 3.05) is 0 Å². The van der Waals surface area contributed by atoms with E-state index in [0.717, 1.165) is 17.7 Å². The molecule has 0 N–H and O–H groups in total. The Hall–Kier alpha value is -3.46. The molecule has 0 saturated heterocycles. The van der Waals surface area contributed by atoms with Gasteiger partial charge in [-0.1, -0.05) is 53.8 Å². The minimum Gasteiger partial charge on any atom is -0.454 e. The maximum atomic E-state index is 13.0. The van der Waals surface area contributed by atoms with Crippen molar-refractivity contribution in [1.82, 2.24) is 19.8 Å². The minimum atomic E-state index is -4.41. The molecule has 5 nitrogen and oxygen atoms in total. The molecule has 0 unspecified atom stereocenters. The zero-order valence-corrected chi connectivity index (χ0v) is 15.4. The standard InChI is InChI=1S/C20H11F3N4OS/c21-20(22,23)14-8-4-7-13(11-14)15-9-10-16(28-15)18-26-27-17(24-25-19(27)29-18)12-5-2-1-3-6-12/h1-11H. The fourth-order valence-electron chi connectivity index (χ4n) is 2.94. The molecule has 0 saturated carbocycles. The topological polar surface area (TPSA) is 56.2 Å². The Labute approximate surface area is 166 Å². The van der Waals surface area contributed by atoms with Crippen LogP contribution < -0.4 is 0 Å². The van der Waals surface area contributed by atoms with E-state index in [1.165, 1.54) is 17.4 Å². The van der Waals surface area contributed by atoms with Crippen molar-refractivity contribution in [2.24, 2.45) is 0 Å². The van der Waals surface area contributed by atoms with Crippen molar-refractivity contribution < 1.29 is 17.6 Å². The maximum absolute atomic E-state index is 13.0. The van der Waals surface area contributed by atoms with Gasteiger partial charge in [0.25, 0.3) is 0 Å². The highest BCUT2D eigenvalue weighted by molar-refractivity contribution is 7.19. The first-order chi connectivity index (χ1) is 14.0. The van der Waals surface area contributed by atoms with E-state index in [2.05, 4.69) is 15.3 Å². The number of hydrogen-bond acceptors (Lipinski definition) is 5. The SMILES string of the molecule is FC(F)(F)c1cccc(-c2ccc(-c3nn4c(-c5ccccc5)nnc4s3)o2)c1. The Morgan fingerprint density at radius 1 is 0.828 bits per heavy atom. The molecule has 0 fully saturated rings. The van der Waals surface area contributed by atoms with Crippen LogP contribution in [0.25, 0.3) is 38.4 Å².